The first-order valence-corrected chi connectivity index (χ1v) is 16.5. The lowest BCUT2D eigenvalue weighted by Gasteiger charge is -2.35. The summed E-state index contributed by atoms with van der Waals surface area (Å²) in [7, 11) is -2.35. The van der Waals surface area contributed by atoms with Crippen molar-refractivity contribution in [2.75, 3.05) is 58.1 Å². The summed E-state index contributed by atoms with van der Waals surface area (Å²) in [6.07, 6.45) is 17.0. The summed E-state index contributed by atoms with van der Waals surface area (Å²) in [4.78, 5) is 7.68. The fourth-order valence-electron chi connectivity index (χ4n) is 4.28. The van der Waals surface area contributed by atoms with E-state index in [1.165, 1.54) is 77.0 Å². The van der Waals surface area contributed by atoms with Crippen LogP contribution in [0.2, 0.25) is 0 Å². The Labute approximate surface area is 203 Å². The Bertz CT molecular complexity index is 361. The first-order chi connectivity index (χ1) is 15.5. The molecular weight excluding hydrogens is 413 g/mol. The van der Waals surface area contributed by atoms with Gasteiger partial charge in [-0.1, -0.05) is 80.1 Å². The molecule has 0 unspecified atom stereocenters. The highest BCUT2D eigenvalue weighted by Crippen LogP contribution is 2.47. The van der Waals surface area contributed by atoms with Crippen molar-refractivity contribution >= 4 is 7.14 Å². The van der Waals surface area contributed by atoms with Gasteiger partial charge in [-0.3, -0.25) is 14.7 Å². The van der Waals surface area contributed by atoms with Gasteiger partial charge in [-0.25, -0.2) is 0 Å². The molecule has 0 aromatic carbocycles. The van der Waals surface area contributed by atoms with Gasteiger partial charge in [-0.15, -0.1) is 0 Å². The van der Waals surface area contributed by atoms with Crippen LogP contribution in [-0.2, 0) is 4.57 Å². The second-order valence-electron chi connectivity index (χ2n) is 9.96. The maximum absolute atomic E-state index is 14.7. The monoisotopic (exact) mass is 473 g/mol. The zero-order valence-electron chi connectivity index (χ0n) is 23.0. The average molecular weight is 474 g/mol. The quantitative estimate of drug-likeness (QED) is 0.133. The standard InChI is InChI=1S/C27H60N3OP/c1-7-13-19-28(20-14-8-2)25-32(31,26-29(21-15-9-3)22-16-10-4)27-30(23-17-11-5)24-18-12-6/h7-27H2,1-6H3. The van der Waals surface area contributed by atoms with Crippen LogP contribution in [0.1, 0.15) is 119 Å². The van der Waals surface area contributed by atoms with E-state index in [1.54, 1.807) is 0 Å². The van der Waals surface area contributed by atoms with Gasteiger partial charge in [-0.2, -0.15) is 0 Å². The third-order valence-corrected chi connectivity index (χ3v) is 9.09. The van der Waals surface area contributed by atoms with E-state index in [4.69, 9.17) is 0 Å². The average Bonchev–Trinajstić information content (AvgIpc) is 2.79. The molecule has 0 aliphatic carbocycles. The Morgan fingerprint density at radius 2 is 0.594 bits per heavy atom. The Hall–Kier alpha value is 0.110. The van der Waals surface area contributed by atoms with Gasteiger partial charge in [0.05, 0.1) is 18.9 Å². The van der Waals surface area contributed by atoms with Crippen molar-refractivity contribution in [1.29, 1.82) is 0 Å². The zero-order valence-corrected chi connectivity index (χ0v) is 23.9. The molecule has 194 valence electrons. The third kappa shape index (κ3) is 16.7. The van der Waals surface area contributed by atoms with Crippen LogP contribution in [0.25, 0.3) is 0 Å². The summed E-state index contributed by atoms with van der Waals surface area (Å²) in [5, 5.41) is 0. The molecule has 0 amide bonds. The summed E-state index contributed by atoms with van der Waals surface area (Å²) < 4.78 is 14.7. The Kier molecular flexibility index (Phi) is 21.7. The topological polar surface area (TPSA) is 26.8 Å². The van der Waals surface area contributed by atoms with Crippen LogP contribution < -0.4 is 0 Å². The molecule has 0 saturated heterocycles. The molecule has 0 rings (SSSR count). The Balaban J connectivity index is 5.60. The second kappa shape index (κ2) is 21.6. The van der Waals surface area contributed by atoms with Crippen molar-refractivity contribution in [2.45, 2.75) is 119 Å². The van der Waals surface area contributed by atoms with Gasteiger partial charge in [0.1, 0.15) is 7.14 Å². The number of hydrogen-bond acceptors (Lipinski definition) is 4. The summed E-state index contributed by atoms with van der Waals surface area (Å²) in [5.41, 5.74) is 0. The highest BCUT2D eigenvalue weighted by Gasteiger charge is 2.30. The van der Waals surface area contributed by atoms with E-state index in [9.17, 15) is 4.57 Å². The van der Waals surface area contributed by atoms with E-state index < -0.39 is 7.14 Å². The predicted molar refractivity (Wildman–Crippen MR) is 146 cm³/mol. The Morgan fingerprint density at radius 3 is 0.750 bits per heavy atom. The van der Waals surface area contributed by atoms with Crippen LogP contribution in [0, 0.1) is 0 Å². The molecule has 0 saturated carbocycles. The smallest absolute Gasteiger partial charge is 0.127 e. The number of hydrogen-bond donors (Lipinski definition) is 0. The molecule has 0 aromatic heterocycles. The molecule has 0 aromatic rings. The summed E-state index contributed by atoms with van der Waals surface area (Å²) in [5.74, 6) is 0. The van der Waals surface area contributed by atoms with Gasteiger partial charge in [0.15, 0.2) is 0 Å². The van der Waals surface area contributed by atoms with Crippen molar-refractivity contribution in [3.8, 4) is 0 Å². The third-order valence-electron chi connectivity index (χ3n) is 6.34. The van der Waals surface area contributed by atoms with E-state index in [1.807, 2.05) is 0 Å². The molecule has 0 fully saturated rings. The van der Waals surface area contributed by atoms with Crippen LogP contribution in [-0.4, -0.2) is 72.8 Å². The second-order valence-corrected chi connectivity index (χ2v) is 12.9. The fraction of sp³-hybridized carbons (Fsp3) is 1.00. The van der Waals surface area contributed by atoms with Gasteiger partial charge in [0.25, 0.3) is 0 Å². The van der Waals surface area contributed by atoms with Crippen molar-refractivity contribution in [3.05, 3.63) is 0 Å². The van der Waals surface area contributed by atoms with E-state index in [-0.39, 0.29) is 0 Å². The van der Waals surface area contributed by atoms with Crippen molar-refractivity contribution in [3.63, 3.8) is 0 Å². The van der Waals surface area contributed by atoms with Crippen LogP contribution in [0.3, 0.4) is 0 Å². The van der Waals surface area contributed by atoms with Gasteiger partial charge < -0.3 is 4.57 Å². The molecule has 4 nitrogen and oxygen atoms in total. The normalized spacial score (nSPS) is 12.5. The van der Waals surface area contributed by atoms with Crippen LogP contribution in [0.15, 0.2) is 0 Å². The summed E-state index contributed by atoms with van der Waals surface area (Å²) >= 11 is 0. The lowest BCUT2D eigenvalue weighted by atomic mass is 10.3. The number of unbranched alkanes of at least 4 members (excludes halogenated alkanes) is 6. The maximum atomic E-state index is 14.7. The first-order valence-electron chi connectivity index (χ1n) is 14.2. The number of nitrogens with zero attached hydrogens (tertiary/aromatic N) is 3. The van der Waals surface area contributed by atoms with E-state index in [0.717, 1.165) is 58.1 Å². The highest BCUT2D eigenvalue weighted by atomic mass is 31.2. The molecule has 0 bridgehead atoms. The van der Waals surface area contributed by atoms with Gasteiger partial charge in [0, 0.05) is 0 Å². The molecule has 32 heavy (non-hydrogen) atoms. The van der Waals surface area contributed by atoms with Crippen LogP contribution in [0.5, 0.6) is 0 Å². The highest BCUT2D eigenvalue weighted by molar-refractivity contribution is 7.63. The van der Waals surface area contributed by atoms with Gasteiger partial charge in [-0.05, 0) is 77.8 Å². The molecule has 0 heterocycles. The molecule has 0 spiro atoms. The zero-order chi connectivity index (χ0) is 24.1. The molecular formula is C27H60N3OP. The largest absolute Gasteiger partial charge is 0.320 e. The molecule has 0 atom stereocenters. The number of rotatable bonds is 24. The van der Waals surface area contributed by atoms with Gasteiger partial charge >= 0.3 is 0 Å². The molecule has 0 radical (unpaired) electrons. The van der Waals surface area contributed by atoms with E-state index >= 15 is 0 Å². The predicted octanol–water partition coefficient (Wildman–Crippen LogP) is 7.93. The lowest BCUT2D eigenvalue weighted by molar-refractivity contribution is 0.267. The minimum atomic E-state index is -2.35. The van der Waals surface area contributed by atoms with E-state index in [0.29, 0.717) is 0 Å². The first kappa shape index (κ1) is 32.1. The molecule has 5 heteroatoms. The molecule has 0 aliphatic heterocycles. The van der Waals surface area contributed by atoms with Crippen molar-refractivity contribution in [2.24, 2.45) is 0 Å². The minimum Gasteiger partial charge on any atom is -0.320 e. The lowest BCUT2D eigenvalue weighted by Crippen LogP contribution is -2.37. The van der Waals surface area contributed by atoms with Crippen molar-refractivity contribution in [1.82, 2.24) is 14.7 Å². The van der Waals surface area contributed by atoms with Crippen LogP contribution in [0.4, 0.5) is 0 Å². The fourth-order valence-corrected chi connectivity index (χ4v) is 7.58. The maximum Gasteiger partial charge on any atom is 0.127 e. The summed E-state index contributed by atoms with van der Waals surface area (Å²) in [6, 6.07) is 0. The molecule has 0 aliphatic rings. The minimum absolute atomic E-state index is 0.816. The van der Waals surface area contributed by atoms with Crippen LogP contribution >= 0.6 is 7.14 Å². The Morgan fingerprint density at radius 1 is 0.406 bits per heavy atom. The van der Waals surface area contributed by atoms with Crippen molar-refractivity contribution < 1.29 is 4.57 Å². The summed E-state index contributed by atoms with van der Waals surface area (Å²) in [6.45, 7) is 20.3. The van der Waals surface area contributed by atoms with E-state index in [2.05, 4.69) is 56.2 Å². The van der Waals surface area contributed by atoms with Gasteiger partial charge in [0.2, 0.25) is 0 Å². The SMILES string of the molecule is CCCCN(CCCC)CP(=O)(CN(CCCC)CCCC)CN(CCCC)CCCC. The molecule has 0 N–H and O–H groups in total.